The lowest BCUT2D eigenvalue weighted by molar-refractivity contribution is 0.0271. The van der Waals surface area contributed by atoms with Crippen molar-refractivity contribution in [3.05, 3.63) is 34.9 Å². The summed E-state index contributed by atoms with van der Waals surface area (Å²) in [5.74, 6) is -0.267. The summed E-state index contributed by atoms with van der Waals surface area (Å²) in [6.45, 7) is 4.11. The van der Waals surface area contributed by atoms with Crippen LogP contribution in [0.3, 0.4) is 0 Å². The van der Waals surface area contributed by atoms with E-state index in [1.165, 1.54) is 0 Å². The molecule has 1 rings (SSSR count). The Bertz CT molecular complexity index is 332. The maximum absolute atomic E-state index is 11.7. The molecule has 2 nitrogen and oxygen atoms in total. The number of hydrogen-bond acceptors (Lipinski definition) is 2. The van der Waals surface area contributed by atoms with Crippen LogP contribution in [0.1, 0.15) is 43.5 Å². The minimum absolute atomic E-state index is 0.0215. The van der Waals surface area contributed by atoms with E-state index in [9.17, 15) is 4.79 Å². The number of hydrogen-bond donors (Lipinski definition) is 0. The van der Waals surface area contributed by atoms with E-state index in [0.29, 0.717) is 10.6 Å². The van der Waals surface area contributed by atoms with Crippen molar-refractivity contribution in [3.63, 3.8) is 0 Å². The standard InChI is InChI=1S/C13H17ClO2/c1-3-5-12(4-2)16-13(15)10-6-8-11(14)9-7-10/h6-9,12H,3-5H2,1-2H3. The summed E-state index contributed by atoms with van der Waals surface area (Å²) in [6, 6.07) is 6.75. The first-order valence-electron chi connectivity index (χ1n) is 5.64. The maximum atomic E-state index is 11.7. The number of halogens is 1. The van der Waals surface area contributed by atoms with Crippen molar-refractivity contribution in [1.82, 2.24) is 0 Å². The number of esters is 1. The summed E-state index contributed by atoms with van der Waals surface area (Å²) >= 11 is 5.75. The zero-order valence-electron chi connectivity index (χ0n) is 9.70. The number of rotatable bonds is 5. The molecule has 0 aliphatic heterocycles. The van der Waals surface area contributed by atoms with Gasteiger partial charge in [0.2, 0.25) is 0 Å². The van der Waals surface area contributed by atoms with Crippen LogP contribution in [0.5, 0.6) is 0 Å². The van der Waals surface area contributed by atoms with Gasteiger partial charge in [-0.15, -0.1) is 0 Å². The molecule has 3 heteroatoms. The first kappa shape index (κ1) is 13.0. The highest BCUT2D eigenvalue weighted by atomic mass is 35.5. The molecule has 1 unspecified atom stereocenters. The molecule has 0 amide bonds. The first-order valence-corrected chi connectivity index (χ1v) is 6.01. The van der Waals surface area contributed by atoms with Crippen molar-refractivity contribution >= 4 is 17.6 Å². The number of carbonyl (C=O) groups is 1. The number of benzene rings is 1. The van der Waals surface area contributed by atoms with Crippen molar-refractivity contribution in [3.8, 4) is 0 Å². The third kappa shape index (κ3) is 3.86. The van der Waals surface area contributed by atoms with E-state index in [-0.39, 0.29) is 12.1 Å². The molecule has 88 valence electrons. The predicted octanol–water partition coefficient (Wildman–Crippen LogP) is 4.08. The highest BCUT2D eigenvalue weighted by molar-refractivity contribution is 6.30. The Hall–Kier alpha value is -1.02. The molecule has 0 aliphatic carbocycles. The van der Waals surface area contributed by atoms with E-state index in [1.807, 2.05) is 6.92 Å². The fourth-order valence-corrected chi connectivity index (χ4v) is 1.60. The summed E-state index contributed by atoms with van der Waals surface area (Å²) in [5.41, 5.74) is 0.555. The molecular weight excluding hydrogens is 224 g/mol. The highest BCUT2D eigenvalue weighted by Crippen LogP contribution is 2.13. The molecule has 0 bridgehead atoms. The summed E-state index contributed by atoms with van der Waals surface area (Å²) in [6.07, 6.45) is 2.81. The molecule has 0 fully saturated rings. The van der Waals surface area contributed by atoms with Crippen molar-refractivity contribution in [1.29, 1.82) is 0 Å². The van der Waals surface area contributed by atoms with Crippen LogP contribution in [0.15, 0.2) is 24.3 Å². The molecule has 0 saturated heterocycles. The lowest BCUT2D eigenvalue weighted by Gasteiger charge is -2.15. The molecule has 0 radical (unpaired) electrons. The second kappa shape index (κ2) is 6.54. The van der Waals surface area contributed by atoms with E-state index in [2.05, 4.69) is 6.92 Å². The monoisotopic (exact) mass is 240 g/mol. The second-order valence-corrected chi connectivity index (χ2v) is 4.17. The Kier molecular flexibility index (Phi) is 5.33. The maximum Gasteiger partial charge on any atom is 0.338 e. The van der Waals surface area contributed by atoms with E-state index < -0.39 is 0 Å². The Labute approximate surface area is 102 Å². The number of carbonyl (C=O) groups excluding carboxylic acids is 1. The van der Waals surface area contributed by atoms with Gasteiger partial charge in [-0.05, 0) is 37.1 Å². The molecule has 1 aromatic carbocycles. The van der Waals surface area contributed by atoms with E-state index in [0.717, 1.165) is 19.3 Å². The fraction of sp³-hybridized carbons (Fsp3) is 0.462. The van der Waals surface area contributed by atoms with Crippen LogP contribution in [0.2, 0.25) is 5.02 Å². The van der Waals surface area contributed by atoms with Gasteiger partial charge in [-0.25, -0.2) is 4.79 Å². The van der Waals surface area contributed by atoms with Crippen molar-refractivity contribution in [2.24, 2.45) is 0 Å². The van der Waals surface area contributed by atoms with Gasteiger partial charge in [-0.1, -0.05) is 31.9 Å². The fourth-order valence-electron chi connectivity index (χ4n) is 1.47. The van der Waals surface area contributed by atoms with Crippen LogP contribution < -0.4 is 0 Å². The van der Waals surface area contributed by atoms with Gasteiger partial charge in [-0.2, -0.15) is 0 Å². The van der Waals surface area contributed by atoms with Gasteiger partial charge in [-0.3, -0.25) is 0 Å². The van der Waals surface area contributed by atoms with Gasteiger partial charge in [0.1, 0.15) is 6.10 Å². The molecule has 0 saturated carbocycles. The van der Waals surface area contributed by atoms with Gasteiger partial charge in [0.25, 0.3) is 0 Å². The molecular formula is C13H17ClO2. The second-order valence-electron chi connectivity index (χ2n) is 3.73. The Morgan fingerprint density at radius 2 is 1.94 bits per heavy atom. The predicted molar refractivity (Wildman–Crippen MR) is 65.9 cm³/mol. The van der Waals surface area contributed by atoms with Crippen LogP contribution in [0, 0.1) is 0 Å². The topological polar surface area (TPSA) is 26.3 Å². The summed E-state index contributed by atoms with van der Waals surface area (Å²) in [7, 11) is 0. The molecule has 16 heavy (non-hydrogen) atoms. The quantitative estimate of drug-likeness (QED) is 0.725. The molecule has 1 aromatic rings. The van der Waals surface area contributed by atoms with Crippen LogP contribution in [-0.2, 0) is 4.74 Å². The van der Waals surface area contributed by atoms with E-state index >= 15 is 0 Å². The van der Waals surface area contributed by atoms with E-state index in [1.54, 1.807) is 24.3 Å². The van der Waals surface area contributed by atoms with Gasteiger partial charge in [0.15, 0.2) is 0 Å². The van der Waals surface area contributed by atoms with Crippen LogP contribution in [0.25, 0.3) is 0 Å². The summed E-state index contributed by atoms with van der Waals surface area (Å²) in [5, 5.41) is 0.622. The van der Waals surface area contributed by atoms with Crippen molar-refractivity contribution in [2.45, 2.75) is 39.2 Å². The Balaban J connectivity index is 2.60. The largest absolute Gasteiger partial charge is 0.459 e. The summed E-state index contributed by atoms with van der Waals surface area (Å²) in [4.78, 5) is 11.7. The Morgan fingerprint density at radius 3 is 2.44 bits per heavy atom. The zero-order chi connectivity index (χ0) is 12.0. The summed E-state index contributed by atoms with van der Waals surface area (Å²) < 4.78 is 5.38. The average Bonchev–Trinajstić information content (AvgIpc) is 2.29. The van der Waals surface area contributed by atoms with Crippen LogP contribution >= 0.6 is 11.6 Å². The van der Waals surface area contributed by atoms with Gasteiger partial charge in [0.05, 0.1) is 5.56 Å². The minimum Gasteiger partial charge on any atom is -0.459 e. The Morgan fingerprint density at radius 1 is 1.31 bits per heavy atom. The first-order chi connectivity index (χ1) is 7.67. The molecule has 0 aromatic heterocycles. The molecule has 0 spiro atoms. The lowest BCUT2D eigenvalue weighted by atomic mass is 10.1. The van der Waals surface area contributed by atoms with Gasteiger partial charge < -0.3 is 4.74 Å². The molecule has 0 heterocycles. The van der Waals surface area contributed by atoms with Gasteiger partial charge in [0, 0.05) is 5.02 Å². The third-order valence-corrected chi connectivity index (χ3v) is 2.67. The molecule has 1 atom stereocenters. The van der Waals surface area contributed by atoms with Crippen LogP contribution in [0.4, 0.5) is 0 Å². The number of ether oxygens (including phenoxy) is 1. The highest BCUT2D eigenvalue weighted by Gasteiger charge is 2.13. The van der Waals surface area contributed by atoms with E-state index in [4.69, 9.17) is 16.3 Å². The zero-order valence-corrected chi connectivity index (χ0v) is 10.5. The lowest BCUT2D eigenvalue weighted by Crippen LogP contribution is -2.17. The minimum atomic E-state index is -0.267. The molecule has 0 aliphatic rings. The smallest absolute Gasteiger partial charge is 0.338 e. The average molecular weight is 241 g/mol. The SMILES string of the molecule is CCCC(CC)OC(=O)c1ccc(Cl)cc1. The normalized spacial score (nSPS) is 12.2. The third-order valence-electron chi connectivity index (χ3n) is 2.42. The molecule has 0 N–H and O–H groups in total. The van der Waals surface area contributed by atoms with Crippen LogP contribution in [-0.4, -0.2) is 12.1 Å². The van der Waals surface area contributed by atoms with Crippen molar-refractivity contribution in [2.75, 3.05) is 0 Å². The van der Waals surface area contributed by atoms with Gasteiger partial charge >= 0.3 is 5.97 Å². The van der Waals surface area contributed by atoms with Crippen molar-refractivity contribution < 1.29 is 9.53 Å².